The van der Waals surface area contributed by atoms with Gasteiger partial charge in [-0.05, 0) is 31.7 Å². The molecule has 0 heterocycles. The Kier molecular flexibility index (Phi) is 3.92. The van der Waals surface area contributed by atoms with E-state index in [0.717, 1.165) is 12.0 Å². The van der Waals surface area contributed by atoms with Crippen LogP contribution in [0.5, 0.6) is 0 Å². The van der Waals surface area contributed by atoms with Crippen LogP contribution in [0, 0.1) is 5.92 Å². The van der Waals surface area contributed by atoms with Gasteiger partial charge in [0.2, 0.25) is 0 Å². The molecule has 0 amide bonds. The van der Waals surface area contributed by atoms with Crippen LogP contribution in [0.4, 0.5) is 0 Å². The van der Waals surface area contributed by atoms with Crippen molar-refractivity contribution in [2.45, 2.75) is 52.0 Å². The van der Waals surface area contributed by atoms with Crippen LogP contribution in [0.15, 0.2) is 0 Å². The van der Waals surface area contributed by atoms with Crippen LogP contribution in [-0.2, 0) is 0 Å². The van der Waals surface area contributed by atoms with Gasteiger partial charge in [0.25, 0.3) is 0 Å². The zero-order valence-corrected chi connectivity index (χ0v) is 7.90. The van der Waals surface area contributed by atoms with Gasteiger partial charge in [-0.3, -0.25) is 0 Å². The predicted molar refractivity (Wildman–Crippen MR) is 49.7 cm³/mol. The SMILES string of the molecule is CCCN[C@@H]1CCC[C@H](C)C1. The third-order valence-electron chi connectivity index (χ3n) is 2.62. The smallest absolute Gasteiger partial charge is 0.00695 e. The monoisotopic (exact) mass is 155 g/mol. The van der Waals surface area contributed by atoms with Gasteiger partial charge in [0.15, 0.2) is 0 Å². The van der Waals surface area contributed by atoms with Gasteiger partial charge in [-0.1, -0.05) is 26.7 Å². The molecule has 0 spiro atoms. The second kappa shape index (κ2) is 4.76. The minimum atomic E-state index is 0.832. The maximum atomic E-state index is 3.60. The van der Waals surface area contributed by atoms with Gasteiger partial charge in [0.05, 0.1) is 0 Å². The molecule has 0 radical (unpaired) electrons. The maximum absolute atomic E-state index is 3.60. The Morgan fingerprint density at radius 3 is 2.82 bits per heavy atom. The minimum Gasteiger partial charge on any atom is -0.314 e. The van der Waals surface area contributed by atoms with E-state index in [9.17, 15) is 0 Å². The molecule has 0 aromatic carbocycles. The zero-order valence-electron chi connectivity index (χ0n) is 7.90. The Hall–Kier alpha value is -0.0400. The minimum absolute atomic E-state index is 0.832. The molecule has 1 aliphatic carbocycles. The fourth-order valence-corrected chi connectivity index (χ4v) is 1.97. The van der Waals surface area contributed by atoms with E-state index in [1.54, 1.807) is 0 Å². The highest BCUT2D eigenvalue weighted by Gasteiger charge is 2.17. The van der Waals surface area contributed by atoms with Crippen LogP contribution in [0.2, 0.25) is 0 Å². The first-order valence-electron chi connectivity index (χ1n) is 5.06. The lowest BCUT2D eigenvalue weighted by Crippen LogP contribution is -2.33. The number of rotatable bonds is 3. The Morgan fingerprint density at radius 2 is 2.18 bits per heavy atom. The summed E-state index contributed by atoms with van der Waals surface area (Å²) < 4.78 is 0. The van der Waals surface area contributed by atoms with Crippen LogP contribution in [0.25, 0.3) is 0 Å². The molecular formula is C10H21N. The van der Waals surface area contributed by atoms with E-state index in [4.69, 9.17) is 0 Å². The molecule has 2 atom stereocenters. The fourth-order valence-electron chi connectivity index (χ4n) is 1.97. The first-order valence-corrected chi connectivity index (χ1v) is 5.06. The summed E-state index contributed by atoms with van der Waals surface area (Å²) in [7, 11) is 0. The van der Waals surface area contributed by atoms with Crippen LogP contribution >= 0.6 is 0 Å². The molecule has 11 heavy (non-hydrogen) atoms. The third kappa shape index (κ3) is 3.24. The lowest BCUT2D eigenvalue weighted by Gasteiger charge is -2.27. The lowest BCUT2D eigenvalue weighted by molar-refractivity contribution is 0.302. The van der Waals surface area contributed by atoms with Crippen molar-refractivity contribution in [3.8, 4) is 0 Å². The molecule has 0 saturated heterocycles. The van der Waals surface area contributed by atoms with E-state index in [0.29, 0.717) is 0 Å². The first kappa shape index (κ1) is 9.05. The molecule has 1 aliphatic rings. The molecule has 66 valence electrons. The van der Waals surface area contributed by atoms with Crippen molar-refractivity contribution in [1.82, 2.24) is 5.32 Å². The van der Waals surface area contributed by atoms with Crippen molar-refractivity contribution in [3.05, 3.63) is 0 Å². The molecule has 0 bridgehead atoms. The average Bonchev–Trinajstić information content (AvgIpc) is 2.01. The van der Waals surface area contributed by atoms with Gasteiger partial charge in [-0.15, -0.1) is 0 Å². The van der Waals surface area contributed by atoms with E-state index in [1.165, 1.54) is 38.6 Å². The quantitative estimate of drug-likeness (QED) is 0.660. The molecular weight excluding hydrogens is 134 g/mol. The van der Waals surface area contributed by atoms with E-state index in [2.05, 4.69) is 19.2 Å². The van der Waals surface area contributed by atoms with Gasteiger partial charge in [-0.2, -0.15) is 0 Å². The summed E-state index contributed by atoms with van der Waals surface area (Å²) in [5, 5.41) is 3.60. The Balaban J connectivity index is 2.12. The summed E-state index contributed by atoms with van der Waals surface area (Å²) in [5.41, 5.74) is 0. The Bertz CT molecular complexity index is 101. The molecule has 0 aromatic rings. The molecule has 0 aromatic heterocycles. The van der Waals surface area contributed by atoms with Gasteiger partial charge in [0.1, 0.15) is 0 Å². The summed E-state index contributed by atoms with van der Waals surface area (Å²) in [6.07, 6.45) is 6.96. The van der Waals surface area contributed by atoms with E-state index in [-0.39, 0.29) is 0 Å². The van der Waals surface area contributed by atoms with Crippen LogP contribution < -0.4 is 5.32 Å². The van der Waals surface area contributed by atoms with Gasteiger partial charge < -0.3 is 5.32 Å². The third-order valence-corrected chi connectivity index (χ3v) is 2.62. The summed E-state index contributed by atoms with van der Waals surface area (Å²) in [4.78, 5) is 0. The highest BCUT2D eigenvalue weighted by Crippen LogP contribution is 2.23. The Morgan fingerprint density at radius 1 is 1.36 bits per heavy atom. The van der Waals surface area contributed by atoms with Crippen LogP contribution in [0.3, 0.4) is 0 Å². The molecule has 1 nitrogen and oxygen atoms in total. The average molecular weight is 155 g/mol. The lowest BCUT2D eigenvalue weighted by atomic mass is 9.87. The van der Waals surface area contributed by atoms with Gasteiger partial charge in [0, 0.05) is 6.04 Å². The highest BCUT2D eigenvalue weighted by molar-refractivity contribution is 4.75. The number of hydrogen-bond donors (Lipinski definition) is 1. The zero-order chi connectivity index (χ0) is 8.10. The van der Waals surface area contributed by atoms with Crippen molar-refractivity contribution in [3.63, 3.8) is 0 Å². The molecule has 1 fully saturated rings. The van der Waals surface area contributed by atoms with E-state index >= 15 is 0 Å². The van der Waals surface area contributed by atoms with Crippen molar-refractivity contribution in [1.29, 1.82) is 0 Å². The van der Waals surface area contributed by atoms with Crippen molar-refractivity contribution < 1.29 is 0 Å². The summed E-state index contributed by atoms with van der Waals surface area (Å²) in [6, 6.07) is 0.832. The van der Waals surface area contributed by atoms with Crippen molar-refractivity contribution in [2.75, 3.05) is 6.54 Å². The summed E-state index contributed by atoms with van der Waals surface area (Å²) in [6.45, 7) is 5.82. The predicted octanol–water partition coefficient (Wildman–Crippen LogP) is 2.56. The second-order valence-electron chi connectivity index (χ2n) is 3.92. The summed E-state index contributed by atoms with van der Waals surface area (Å²) in [5.74, 6) is 0.957. The molecule has 0 unspecified atom stereocenters. The molecule has 1 saturated carbocycles. The highest BCUT2D eigenvalue weighted by atomic mass is 14.9. The number of nitrogens with one attached hydrogen (secondary N) is 1. The van der Waals surface area contributed by atoms with Gasteiger partial charge in [-0.25, -0.2) is 0 Å². The van der Waals surface area contributed by atoms with Gasteiger partial charge >= 0.3 is 0 Å². The number of hydrogen-bond acceptors (Lipinski definition) is 1. The van der Waals surface area contributed by atoms with Crippen molar-refractivity contribution >= 4 is 0 Å². The topological polar surface area (TPSA) is 12.0 Å². The van der Waals surface area contributed by atoms with E-state index < -0.39 is 0 Å². The molecule has 1 heteroatoms. The fraction of sp³-hybridized carbons (Fsp3) is 1.00. The van der Waals surface area contributed by atoms with Crippen molar-refractivity contribution in [2.24, 2.45) is 5.92 Å². The molecule has 0 aliphatic heterocycles. The van der Waals surface area contributed by atoms with E-state index in [1.807, 2.05) is 0 Å². The maximum Gasteiger partial charge on any atom is 0.00695 e. The largest absolute Gasteiger partial charge is 0.314 e. The molecule has 1 N–H and O–H groups in total. The summed E-state index contributed by atoms with van der Waals surface area (Å²) >= 11 is 0. The first-order chi connectivity index (χ1) is 5.33. The second-order valence-corrected chi connectivity index (χ2v) is 3.92. The van der Waals surface area contributed by atoms with Crippen LogP contribution in [0.1, 0.15) is 46.0 Å². The van der Waals surface area contributed by atoms with Crippen LogP contribution in [-0.4, -0.2) is 12.6 Å². The molecule has 1 rings (SSSR count). The standard InChI is InChI=1S/C10H21N/c1-3-7-11-10-6-4-5-9(2)8-10/h9-11H,3-8H2,1-2H3/t9-,10+/m0/s1. The Labute approximate surface area is 70.6 Å². The normalized spacial score (nSPS) is 32.2.